The van der Waals surface area contributed by atoms with Crippen molar-refractivity contribution >= 4 is 28.3 Å². The van der Waals surface area contributed by atoms with E-state index in [2.05, 4.69) is 50.2 Å². The van der Waals surface area contributed by atoms with Gasteiger partial charge in [0.15, 0.2) is 0 Å². The van der Waals surface area contributed by atoms with Gasteiger partial charge in [-0.3, -0.25) is 10.2 Å². The molecular formula is C33H41N5O3. The van der Waals surface area contributed by atoms with Gasteiger partial charge in [0.2, 0.25) is 0 Å². The summed E-state index contributed by atoms with van der Waals surface area (Å²) in [5, 5.41) is 12.8. The highest BCUT2D eigenvalue weighted by Crippen LogP contribution is 2.32. The minimum Gasteiger partial charge on any atom is -0.492 e. The van der Waals surface area contributed by atoms with E-state index in [0.29, 0.717) is 18.1 Å². The normalized spacial score (nSPS) is 17.9. The Hall–Kier alpha value is -3.88. The highest BCUT2D eigenvalue weighted by atomic mass is 16.5. The van der Waals surface area contributed by atoms with Crippen LogP contribution in [0.4, 0.5) is 16.3 Å². The summed E-state index contributed by atoms with van der Waals surface area (Å²) in [6.07, 6.45) is 0.457. The molecule has 8 nitrogen and oxygen atoms in total. The summed E-state index contributed by atoms with van der Waals surface area (Å²) >= 11 is 0. The molecule has 2 atom stereocenters. The van der Waals surface area contributed by atoms with Crippen LogP contribution in [0.2, 0.25) is 0 Å². The zero-order valence-electron chi connectivity index (χ0n) is 24.9. The van der Waals surface area contributed by atoms with E-state index < -0.39 is 0 Å². The number of amides is 2. The van der Waals surface area contributed by atoms with E-state index >= 15 is 0 Å². The highest BCUT2D eigenvalue weighted by molar-refractivity contribution is 6.07. The Morgan fingerprint density at radius 3 is 2.34 bits per heavy atom. The topological polar surface area (TPSA) is 80.7 Å². The Balaban J connectivity index is 1.31. The molecule has 0 saturated carbocycles. The summed E-state index contributed by atoms with van der Waals surface area (Å²) in [7, 11) is 0. The third-order valence-electron chi connectivity index (χ3n) is 7.29. The number of nitrogens with one attached hydrogen (secondary N) is 2. The second kappa shape index (κ2) is 11.9. The molecule has 3 aromatic carbocycles. The number of aromatic nitrogens is 2. The molecule has 0 aliphatic carbocycles. The molecule has 4 aromatic rings. The van der Waals surface area contributed by atoms with E-state index in [1.54, 1.807) is 4.68 Å². The third-order valence-corrected chi connectivity index (χ3v) is 7.29. The predicted octanol–water partition coefficient (Wildman–Crippen LogP) is 6.76. The number of anilines is 2. The van der Waals surface area contributed by atoms with E-state index in [0.717, 1.165) is 53.1 Å². The summed E-state index contributed by atoms with van der Waals surface area (Å²) in [5.41, 5.74) is 3.47. The number of urea groups is 1. The van der Waals surface area contributed by atoms with Gasteiger partial charge in [-0.1, -0.05) is 62.7 Å². The number of nitrogens with zero attached hydrogens (tertiary/aromatic N) is 3. The maximum Gasteiger partial charge on any atom is 0.324 e. The molecule has 41 heavy (non-hydrogen) atoms. The number of hydrogen-bond acceptors (Lipinski definition) is 5. The summed E-state index contributed by atoms with van der Waals surface area (Å²) in [6, 6.07) is 21.5. The van der Waals surface area contributed by atoms with Crippen molar-refractivity contribution in [2.24, 2.45) is 0 Å². The van der Waals surface area contributed by atoms with Crippen molar-refractivity contribution in [2.75, 3.05) is 36.9 Å². The fourth-order valence-corrected chi connectivity index (χ4v) is 5.25. The van der Waals surface area contributed by atoms with E-state index in [1.165, 1.54) is 0 Å². The summed E-state index contributed by atoms with van der Waals surface area (Å²) in [6.45, 7) is 15.8. The maximum atomic E-state index is 13.3. The first kappa shape index (κ1) is 28.6. The first-order chi connectivity index (χ1) is 19.6. The molecule has 1 aliphatic rings. The molecule has 0 spiro atoms. The molecule has 1 saturated heterocycles. The molecular weight excluding hydrogens is 514 g/mol. The average Bonchev–Trinajstić information content (AvgIpc) is 3.34. The van der Waals surface area contributed by atoms with Crippen LogP contribution in [0, 0.1) is 6.92 Å². The van der Waals surface area contributed by atoms with Gasteiger partial charge in [-0.25, -0.2) is 9.48 Å². The van der Waals surface area contributed by atoms with Crippen LogP contribution >= 0.6 is 0 Å². The highest BCUT2D eigenvalue weighted by Gasteiger charge is 2.23. The maximum absolute atomic E-state index is 13.3. The van der Waals surface area contributed by atoms with Crippen LogP contribution < -0.4 is 15.4 Å². The number of benzene rings is 3. The van der Waals surface area contributed by atoms with Crippen LogP contribution in [0.3, 0.4) is 0 Å². The number of morpholine rings is 1. The van der Waals surface area contributed by atoms with Crippen molar-refractivity contribution in [2.45, 2.75) is 59.2 Å². The number of hydrogen-bond donors (Lipinski definition) is 2. The number of rotatable bonds is 7. The van der Waals surface area contributed by atoms with E-state index in [1.807, 2.05) is 73.7 Å². The van der Waals surface area contributed by atoms with E-state index in [-0.39, 0.29) is 23.7 Å². The summed E-state index contributed by atoms with van der Waals surface area (Å²) < 4.78 is 13.9. The molecule has 0 radical (unpaired) electrons. The lowest BCUT2D eigenvalue weighted by atomic mass is 9.92. The van der Waals surface area contributed by atoms with Gasteiger partial charge in [0.25, 0.3) is 0 Å². The minimum absolute atomic E-state index is 0.173. The van der Waals surface area contributed by atoms with Crippen LogP contribution in [-0.4, -0.2) is 59.2 Å². The Labute approximate surface area is 242 Å². The number of carbonyl (C=O) groups is 1. The van der Waals surface area contributed by atoms with Crippen LogP contribution in [0.5, 0.6) is 5.75 Å². The van der Waals surface area contributed by atoms with Crippen molar-refractivity contribution in [1.29, 1.82) is 0 Å². The Kier molecular flexibility index (Phi) is 8.33. The van der Waals surface area contributed by atoms with Crippen molar-refractivity contribution < 1.29 is 14.3 Å². The van der Waals surface area contributed by atoms with Gasteiger partial charge in [0, 0.05) is 41.9 Å². The molecule has 8 heteroatoms. The molecule has 1 fully saturated rings. The SMILES string of the molecule is Cc1ccc(-n2nc(C(C)(C)C)cc2NC(=O)Nc2ccc(OCCN3C[C@@H](C)O[C@@H](C)C3)c3ccccc23)cc1. The quantitative estimate of drug-likeness (QED) is 0.263. The fourth-order valence-electron chi connectivity index (χ4n) is 5.25. The van der Waals surface area contributed by atoms with Gasteiger partial charge >= 0.3 is 6.03 Å². The predicted molar refractivity (Wildman–Crippen MR) is 166 cm³/mol. The van der Waals surface area contributed by atoms with Gasteiger partial charge in [0.05, 0.1) is 29.3 Å². The number of aryl methyl sites for hydroxylation is 1. The van der Waals surface area contributed by atoms with Gasteiger partial charge in [-0.15, -0.1) is 0 Å². The van der Waals surface area contributed by atoms with Gasteiger partial charge in [-0.05, 0) is 45.0 Å². The molecule has 1 aromatic heterocycles. The standard InChI is InChI=1S/C33H41N5O3/c1-22-11-13-25(14-12-22)38-31(19-30(36-38)33(4,5)6)35-32(39)34-28-15-16-29(27-10-8-7-9-26(27)28)40-18-17-37-20-23(2)41-24(3)21-37/h7-16,19,23-24H,17-18,20-21H2,1-6H3,(H2,34,35,39)/t23-,24+. The summed E-state index contributed by atoms with van der Waals surface area (Å²) in [4.78, 5) is 15.7. The van der Waals surface area contributed by atoms with Crippen molar-refractivity contribution in [3.8, 4) is 11.4 Å². The Morgan fingerprint density at radius 2 is 1.66 bits per heavy atom. The largest absolute Gasteiger partial charge is 0.492 e. The number of carbonyl (C=O) groups excluding carboxylic acids is 1. The Bertz CT molecular complexity index is 1500. The number of ether oxygens (including phenoxy) is 2. The zero-order chi connectivity index (χ0) is 29.1. The molecule has 1 aliphatic heterocycles. The molecule has 5 rings (SSSR count). The second-order valence-corrected chi connectivity index (χ2v) is 12.0. The van der Waals surface area contributed by atoms with Crippen molar-refractivity contribution in [3.05, 3.63) is 78.0 Å². The first-order valence-corrected chi connectivity index (χ1v) is 14.3. The van der Waals surface area contributed by atoms with Crippen molar-refractivity contribution in [3.63, 3.8) is 0 Å². The zero-order valence-corrected chi connectivity index (χ0v) is 24.9. The third kappa shape index (κ3) is 6.89. The molecule has 216 valence electrons. The van der Waals surface area contributed by atoms with Crippen LogP contribution in [0.15, 0.2) is 66.7 Å². The van der Waals surface area contributed by atoms with E-state index in [4.69, 9.17) is 14.6 Å². The van der Waals surface area contributed by atoms with E-state index in [9.17, 15) is 4.79 Å². The smallest absolute Gasteiger partial charge is 0.324 e. The summed E-state index contributed by atoms with van der Waals surface area (Å²) in [5.74, 6) is 1.40. The first-order valence-electron chi connectivity index (χ1n) is 14.3. The molecule has 0 unspecified atom stereocenters. The van der Waals surface area contributed by atoms with Crippen LogP contribution in [0.25, 0.3) is 16.5 Å². The second-order valence-electron chi connectivity index (χ2n) is 12.0. The van der Waals surface area contributed by atoms with Crippen LogP contribution in [0.1, 0.15) is 45.9 Å². The molecule has 2 N–H and O–H groups in total. The molecule has 2 heterocycles. The molecule has 2 amide bonds. The average molecular weight is 556 g/mol. The van der Waals surface area contributed by atoms with Crippen LogP contribution in [-0.2, 0) is 10.2 Å². The van der Waals surface area contributed by atoms with Gasteiger partial charge < -0.3 is 14.8 Å². The lowest BCUT2D eigenvalue weighted by Crippen LogP contribution is -2.46. The van der Waals surface area contributed by atoms with Gasteiger partial charge in [0.1, 0.15) is 18.2 Å². The monoisotopic (exact) mass is 555 g/mol. The number of fused-ring (bicyclic) bond motifs is 1. The van der Waals surface area contributed by atoms with Crippen molar-refractivity contribution in [1.82, 2.24) is 14.7 Å². The fraction of sp³-hybridized carbons (Fsp3) is 0.394. The lowest BCUT2D eigenvalue weighted by Gasteiger charge is -2.35. The Morgan fingerprint density at radius 1 is 0.976 bits per heavy atom. The lowest BCUT2D eigenvalue weighted by molar-refractivity contribution is -0.0699. The van der Waals surface area contributed by atoms with Gasteiger partial charge in [-0.2, -0.15) is 5.10 Å². The molecule has 0 bridgehead atoms. The minimum atomic E-state index is -0.340.